The van der Waals surface area contributed by atoms with E-state index in [9.17, 15) is 9.90 Å². The van der Waals surface area contributed by atoms with Crippen LogP contribution in [0.5, 0.6) is 11.5 Å². The predicted molar refractivity (Wildman–Crippen MR) is 104 cm³/mol. The van der Waals surface area contributed by atoms with Crippen LogP contribution in [0.1, 0.15) is 5.56 Å². The van der Waals surface area contributed by atoms with Gasteiger partial charge in [0.05, 0.1) is 23.4 Å². The van der Waals surface area contributed by atoms with Gasteiger partial charge in [-0.1, -0.05) is 23.2 Å². The van der Waals surface area contributed by atoms with E-state index < -0.39 is 5.56 Å². The first-order valence-electron chi connectivity index (χ1n) is 7.56. The van der Waals surface area contributed by atoms with E-state index in [4.69, 9.17) is 27.9 Å². The third-order valence-electron chi connectivity index (χ3n) is 3.48. The molecule has 0 fully saturated rings. The van der Waals surface area contributed by atoms with E-state index in [0.717, 1.165) is 0 Å². The highest BCUT2D eigenvalue weighted by atomic mass is 35.5. The lowest BCUT2D eigenvalue weighted by atomic mass is 10.1. The maximum atomic E-state index is 12.2. The van der Waals surface area contributed by atoms with E-state index in [-0.39, 0.29) is 27.4 Å². The van der Waals surface area contributed by atoms with Crippen LogP contribution in [-0.4, -0.2) is 33.6 Å². The van der Waals surface area contributed by atoms with Gasteiger partial charge in [-0.15, -0.1) is 10.2 Å². The zero-order chi connectivity index (χ0) is 19.4. The van der Waals surface area contributed by atoms with Crippen molar-refractivity contribution in [1.82, 2.24) is 15.2 Å². The van der Waals surface area contributed by atoms with Crippen molar-refractivity contribution >= 4 is 35.4 Å². The second kappa shape index (κ2) is 8.07. The van der Waals surface area contributed by atoms with E-state index in [0.29, 0.717) is 16.9 Å². The van der Waals surface area contributed by atoms with Gasteiger partial charge in [0, 0.05) is 5.56 Å². The van der Waals surface area contributed by atoms with Gasteiger partial charge >= 0.3 is 0 Å². The Morgan fingerprint density at radius 3 is 2.44 bits per heavy atom. The maximum Gasteiger partial charge on any atom is 0.279 e. The smallest absolute Gasteiger partial charge is 0.279 e. The van der Waals surface area contributed by atoms with E-state index in [1.807, 2.05) is 0 Å². The Kier molecular flexibility index (Phi) is 5.58. The molecule has 27 heavy (non-hydrogen) atoms. The first-order valence-corrected chi connectivity index (χ1v) is 8.32. The number of hydrogen-bond acceptors (Lipinski definition) is 7. The van der Waals surface area contributed by atoms with Crippen LogP contribution in [0.3, 0.4) is 0 Å². The number of halogens is 2. The molecular formula is C17H13Cl2N5O3. The molecule has 0 saturated carbocycles. The SMILES string of the molecule is COc1ccc(-c2nnc(N/N=C/c3cc(Cl)c(O)c(Cl)c3)[nH]c2=O)cc1. The van der Waals surface area contributed by atoms with Gasteiger partial charge < -0.3 is 9.84 Å². The standard InChI is InChI=1S/C17H13Cl2N5O3/c1-27-11-4-2-10(3-5-11)14-16(26)21-17(24-22-14)23-20-8-9-6-12(18)15(25)13(19)7-9/h2-8,25H,1H3,(H2,21,23,24,26)/b20-8+. The molecule has 3 aromatic rings. The lowest BCUT2D eigenvalue weighted by Gasteiger charge is -2.03. The minimum absolute atomic E-state index is 0.0597. The van der Waals surface area contributed by atoms with Gasteiger partial charge in [0.25, 0.3) is 5.56 Å². The normalized spacial score (nSPS) is 10.9. The number of anilines is 1. The number of hydrazone groups is 1. The second-order valence-corrected chi connectivity index (χ2v) is 6.10. The van der Waals surface area contributed by atoms with Crippen molar-refractivity contribution in [3.8, 4) is 22.8 Å². The number of nitrogens with one attached hydrogen (secondary N) is 2. The fourth-order valence-electron chi connectivity index (χ4n) is 2.15. The van der Waals surface area contributed by atoms with E-state index >= 15 is 0 Å². The summed E-state index contributed by atoms with van der Waals surface area (Å²) in [6.45, 7) is 0. The lowest BCUT2D eigenvalue weighted by Crippen LogP contribution is -2.15. The summed E-state index contributed by atoms with van der Waals surface area (Å²) >= 11 is 11.7. The van der Waals surface area contributed by atoms with Crippen LogP contribution in [0.15, 0.2) is 46.3 Å². The Bertz CT molecular complexity index is 1030. The number of aromatic nitrogens is 3. The van der Waals surface area contributed by atoms with Gasteiger partial charge in [-0.05, 0) is 42.0 Å². The molecule has 138 valence electrons. The van der Waals surface area contributed by atoms with Crippen LogP contribution < -0.4 is 15.7 Å². The van der Waals surface area contributed by atoms with E-state index in [1.54, 1.807) is 31.4 Å². The van der Waals surface area contributed by atoms with Crippen LogP contribution in [0.4, 0.5) is 5.95 Å². The first-order chi connectivity index (χ1) is 13.0. The molecule has 0 amide bonds. The molecular weight excluding hydrogens is 393 g/mol. The molecule has 0 bridgehead atoms. The lowest BCUT2D eigenvalue weighted by molar-refractivity contribution is 0.415. The Morgan fingerprint density at radius 2 is 1.85 bits per heavy atom. The molecule has 8 nitrogen and oxygen atoms in total. The number of rotatable bonds is 5. The number of hydrogen-bond donors (Lipinski definition) is 3. The van der Waals surface area contributed by atoms with Crippen molar-refractivity contribution in [2.24, 2.45) is 5.10 Å². The third kappa shape index (κ3) is 4.36. The zero-order valence-corrected chi connectivity index (χ0v) is 15.4. The van der Waals surface area contributed by atoms with Gasteiger partial charge in [0.2, 0.25) is 5.95 Å². The van der Waals surface area contributed by atoms with E-state index in [2.05, 4.69) is 25.7 Å². The summed E-state index contributed by atoms with van der Waals surface area (Å²) in [4.78, 5) is 14.8. The predicted octanol–water partition coefficient (Wildman–Crippen LogP) is 3.30. The van der Waals surface area contributed by atoms with Crippen LogP contribution in [-0.2, 0) is 0 Å². The third-order valence-corrected chi connectivity index (χ3v) is 4.06. The minimum atomic E-state index is -0.427. The molecule has 3 rings (SSSR count). The molecule has 0 aliphatic carbocycles. The number of methoxy groups -OCH3 is 1. The number of H-pyrrole nitrogens is 1. The number of phenolic OH excluding ortho intramolecular Hbond substituents is 1. The van der Waals surface area contributed by atoms with Crippen LogP contribution in [0.2, 0.25) is 10.0 Å². The zero-order valence-electron chi connectivity index (χ0n) is 13.9. The summed E-state index contributed by atoms with van der Waals surface area (Å²) in [6.07, 6.45) is 1.40. The number of ether oxygens (including phenoxy) is 1. The van der Waals surface area contributed by atoms with Crippen molar-refractivity contribution in [2.45, 2.75) is 0 Å². The number of phenols is 1. The van der Waals surface area contributed by atoms with Crippen LogP contribution in [0, 0.1) is 0 Å². The Hall–Kier alpha value is -3.10. The van der Waals surface area contributed by atoms with Crippen LogP contribution in [0.25, 0.3) is 11.3 Å². The summed E-state index contributed by atoms with van der Waals surface area (Å²) in [6, 6.07) is 9.83. The number of aromatic hydroxyl groups is 1. The van der Waals surface area contributed by atoms with Crippen LogP contribution >= 0.6 is 23.2 Å². The molecule has 0 aliphatic heterocycles. The summed E-state index contributed by atoms with van der Waals surface area (Å²) in [7, 11) is 1.56. The molecule has 0 unspecified atom stereocenters. The topological polar surface area (TPSA) is 112 Å². The molecule has 0 saturated heterocycles. The quantitative estimate of drug-likeness (QED) is 0.443. The highest BCUT2D eigenvalue weighted by Gasteiger charge is 2.08. The molecule has 1 aromatic heterocycles. The van der Waals surface area contributed by atoms with Crippen molar-refractivity contribution in [2.75, 3.05) is 12.5 Å². The molecule has 0 spiro atoms. The molecule has 0 atom stereocenters. The fraction of sp³-hybridized carbons (Fsp3) is 0.0588. The maximum absolute atomic E-state index is 12.2. The van der Waals surface area contributed by atoms with Gasteiger partial charge in [0.1, 0.15) is 5.75 Å². The molecule has 0 aliphatic rings. The van der Waals surface area contributed by atoms with Gasteiger partial charge in [-0.25, -0.2) is 5.43 Å². The second-order valence-electron chi connectivity index (χ2n) is 5.28. The van der Waals surface area contributed by atoms with Gasteiger partial charge in [0.15, 0.2) is 11.4 Å². The molecule has 1 heterocycles. The van der Waals surface area contributed by atoms with E-state index in [1.165, 1.54) is 18.3 Å². The molecule has 10 heteroatoms. The van der Waals surface area contributed by atoms with Crippen molar-refractivity contribution in [3.05, 3.63) is 62.4 Å². The summed E-state index contributed by atoms with van der Waals surface area (Å²) < 4.78 is 5.08. The monoisotopic (exact) mass is 405 g/mol. The van der Waals surface area contributed by atoms with Crippen molar-refractivity contribution in [3.63, 3.8) is 0 Å². The molecule has 3 N–H and O–H groups in total. The highest BCUT2D eigenvalue weighted by Crippen LogP contribution is 2.32. The van der Waals surface area contributed by atoms with Gasteiger partial charge in [-0.2, -0.15) is 5.10 Å². The average molecular weight is 406 g/mol. The molecule has 2 aromatic carbocycles. The summed E-state index contributed by atoms with van der Waals surface area (Å²) in [5.41, 5.74) is 3.45. The highest BCUT2D eigenvalue weighted by molar-refractivity contribution is 6.37. The van der Waals surface area contributed by atoms with Crippen molar-refractivity contribution in [1.29, 1.82) is 0 Å². The minimum Gasteiger partial charge on any atom is -0.505 e. The number of aromatic amines is 1. The van der Waals surface area contributed by atoms with Crippen molar-refractivity contribution < 1.29 is 9.84 Å². The average Bonchev–Trinajstić information content (AvgIpc) is 2.66. The number of benzene rings is 2. The first kappa shape index (κ1) is 18.7. The summed E-state index contributed by atoms with van der Waals surface area (Å²) in [5, 5.41) is 21.5. The Balaban J connectivity index is 1.75. The fourth-order valence-corrected chi connectivity index (χ4v) is 2.66. The van der Waals surface area contributed by atoms with Gasteiger partial charge in [-0.3, -0.25) is 9.78 Å². The largest absolute Gasteiger partial charge is 0.505 e. The summed E-state index contributed by atoms with van der Waals surface area (Å²) in [5.74, 6) is 0.530. The molecule has 0 radical (unpaired) electrons. The Morgan fingerprint density at radius 1 is 1.19 bits per heavy atom. The number of nitrogens with zero attached hydrogens (tertiary/aromatic N) is 3. The Labute approximate surface area is 163 Å².